The quantitative estimate of drug-likeness (QED) is 0.128. The Balaban J connectivity index is 0.00000194. The van der Waals surface area contributed by atoms with E-state index in [4.69, 9.17) is 58.8 Å². The second kappa shape index (κ2) is 18.9. The van der Waals surface area contributed by atoms with Crippen LogP contribution in [0.15, 0.2) is 171 Å². The second-order valence-electron chi connectivity index (χ2n) is 15.5. The minimum atomic E-state index is 0. The van der Waals surface area contributed by atoms with Gasteiger partial charge in [0.1, 0.15) is 46.0 Å². The molecule has 7 aromatic heterocycles. The monoisotopic (exact) mass is 992 g/mol. The van der Waals surface area contributed by atoms with Crippen molar-refractivity contribution in [3.8, 4) is 91.5 Å². The Morgan fingerprint density at radius 1 is 0.296 bits per heavy atom. The SMILES string of the molecule is [Ge+4].[OH-].[OH-].c1cncc(Oc2ccc3c(c2)-c2nc-3nc3[n-]c(nc4nc(nc5[n-]c(n2)c2ccc(Oc6cccnc6)cc52)-c2cc(Oc5cccnc5)ccc2-4)c2ccc(Oc4cccnc4)cc32)c1. The van der Waals surface area contributed by atoms with Crippen LogP contribution in [0.3, 0.4) is 0 Å². The average Bonchev–Trinajstić information content (AvgIpc) is 4.10. The molecule has 71 heavy (non-hydrogen) atoms. The summed E-state index contributed by atoms with van der Waals surface area (Å²) in [4.78, 5) is 57.8. The van der Waals surface area contributed by atoms with Crippen molar-refractivity contribution in [1.82, 2.24) is 59.8 Å². The first kappa shape index (κ1) is 45.3. The van der Waals surface area contributed by atoms with Crippen molar-refractivity contribution >= 4 is 61.7 Å². The van der Waals surface area contributed by atoms with Gasteiger partial charge in [-0.3, -0.25) is 19.9 Å². The third kappa shape index (κ3) is 8.67. The second-order valence-corrected chi connectivity index (χ2v) is 15.5. The summed E-state index contributed by atoms with van der Waals surface area (Å²) < 4.78 is 25.0. The van der Waals surface area contributed by atoms with E-state index in [1.54, 1.807) is 49.6 Å². The van der Waals surface area contributed by atoms with E-state index in [2.05, 4.69) is 19.9 Å². The van der Waals surface area contributed by atoms with Crippen LogP contribution in [-0.4, -0.2) is 78.4 Å². The van der Waals surface area contributed by atoms with Crippen molar-refractivity contribution in [2.45, 2.75) is 0 Å². The summed E-state index contributed by atoms with van der Waals surface area (Å²) in [6, 6.07) is 37.1. The van der Waals surface area contributed by atoms with Gasteiger partial charge in [0.05, 0.1) is 48.1 Å². The molecule has 2 N–H and O–H groups in total. The Morgan fingerprint density at radius 3 is 0.944 bits per heavy atom. The molecule has 0 aliphatic carbocycles. The van der Waals surface area contributed by atoms with Crippen LogP contribution < -0.4 is 28.9 Å². The van der Waals surface area contributed by atoms with Crippen LogP contribution in [0.4, 0.5) is 0 Å². The van der Waals surface area contributed by atoms with Crippen molar-refractivity contribution in [2.75, 3.05) is 0 Å². The molecule has 0 spiro atoms. The van der Waals surface area contributed by atoms with E-state index in [9.17, 15) is 0 Å². The van der Waals surface area contributed by atoms with Crippen molar-refractivity contribution in [1.29, 1.82) is 0 Å². The predicted molar refractivity (Wildman–Crippen MR) is 261 cm³/mol. The zero-order valence-corrected chi connectivity index (χ0v) is 38.7. The van der Waals surface area contributed by atoms with E-state index in [0.717, 1.165) is 0 Å². The fourth-order valence-electron chi connectivity index (χ4n) is 8.01. The van der Waals surface area contributed by atoms with Gasteiger partial charge in [-0.15, -0.1) is 0 Å². The van der Waals surface area contributed by atoms with E-state index < -0.39 is 0 Å². The zero-order chi connectivity index (χ0) is 45.0. The van der Waals surface area contributed by atoms with Crippen molar-refractivity contribution in [2.24, 2.45) is 0 Å². The molecule has 18 nitrogen and oxygen atoms in total. The van der Waals surface area contributed by atoms with Gasteiger partial charge in [0.2, 0.25) is 0 Å². The Bertz CT molecular complexity index is 3950. The number of nitrogens with zero attached hydrogens (tertiary/aromatic N) is 12. The van der Waals surface area contributed by atoms with Crippen molar-refractivity contribution in [3.05, 3.63) is 171 Å². The molecule has 0 fully saturated rings. The molecule has 2 aliphatic rings. The summed E-state index contributed by atoms with van der Waals surface area (Å²) in [5, 5.41) is 2.73. The molecule has 338 valence electrons. The predicted octanol–water partition coefficient (Wildman–Crippen LogP) is 10.1. The standard InChI is InChI=1S/C52H28N12O4.Ge.2H2O/c1-5-33(25-53-17-1)65-29-9-13-37-41(21-29)49-58-45(37)57-46-38-14-10-31(67-35-7-3-19-55-27-35)23-43(38)51(59-46)64-52-44-24-32(68-36-8-4-20-56-28-36)12-16-40(44)48(63-52)62-50-42-22-30(66-34-6-2-18-54-26-34)11-15-39(42)47(60-49)61-50;;;/h1-28H;;2*1H2/q-2;+4;;/p-2. The van der Waals surface area contributed by atoms with Gasteiger partial charge in [-0.2, -0.15) is 0 Å². The fourth-order valence-corrected chi connectivity index (χ4v) is 8.01. The Hall–Kier alpha value is -9.50. The molecule has 13 rings (SSSR count). The average molecular weight is 991 g/mol. The van der Waals surface area contributed by atoms with Gasteiger partial charge in [-0.05, 0) is 143 Å². The molecule has 0 radical (unpaired) electrons. The molecular weight excluding hydrogens is 961 g/mol. The number of aromatic nitrogens is 12. The van der Waals surface area contributed by atoms with Crippen molar-refractivity contribution in [3.63, 3.8) is 0 Å². The van der Waals surface area contributed by atoms with Gasteiger partial charge in [-0.25, -0.2) is 9.97 Å². The first-order chi connectivity index (χ1) is 33.6. The van der Waals surface area contributed by atoms with E-state index in [0.29, 0.717) is 136 Å². The number of fused-ring (bicyclic) bond motifs is 20. The first-order valence-corrected chi connectivity index (χ1v) is 21.2. The molecule has 0 amide bonds. The molecule has 4 aromatic carbocycles. The van der Waals surface area contributed by atoms with Gasteiger partial charge >= 0.3 is 17.6 Å². The summed E-state index contributed by atoms with van der Waals surface area (Å²) >= 11 is 0. The minimum absolute atomic E-state index is 0. The van der Waals surface area contributed by atoms with E-state index in [-0.39, 0.29) is 28.5 Å². The number of pyridine rings is 4. The smallest absolute Gasteiger partial charge is 0.870 e. The molecule has 2 aliphatic heterocycles. The van der Waals surface area contributed by atoms with Gasteiger partial charge in [0.25, 0.3) is 0 Å². The summed E-state index contributed by atoms with van der Waals surface area (Å²) in [5.41, 5.74) is 4.17. The molecule has 0 saturated carbocycles. The third-order valence-corrected chi connectivity index (χ3v) is 11.1. The topological polar surface area (TPSA) is 254 Å². The third-order valence-electron chi connectivity index (χ3n) is 11.1. The largest absolute Gasteiger partial charge is 4.00 e. The Morgan fingerprint density at radius 2 is 0.606 bits per heavy atom. The van der Waals surface area contributed by atoms with Crippen LogP contribution in [0.2, 0.25) is 0 Å². The maximum Gasteiger partial charge on any atom is 4.00 e. The molecular formula is C52H30GeN12O6. The molecule has 9 heterocycles. The minimum Gasteiger partial charge on any atom is -0.870 e. The normalized spacial score (nSPS) is 11.0. The van der Waals surface area contributed by atoms with Gasteiger partial charge in [-0.1, -0.05) is 0 Å². The van der Waals surface area contributed by atoms with Crippen LogP contribution in [0.1, 0.15) is 0 Å². The number of ether oxygens (including phenoxy) is 4. The van der Waals surface area contributed by atoms with Gasteiger partial charge in [0.15, 0.2) is 0 Å². The molecule has 8 bridgehead atoms. The molecule has 11 aromatic rings. The fraction of sp³-hybridized carbons (Fsp3) is 0. The van der Waals surface area contributed by atoms with Crippen LogP contribution in [0.5, 0.6) is 46.0 Å². The number of benzene rings is 4. The van der Waals surface area contributed by atoms with Crippen LogP contribution >= 0.6 is 0 Å². The zero-order valence-electron chi connectivity index (χ0n) is 36.6. The molecule has 0 unspecified atom stereocenters. The number of hydrogen-bond donors (Lipinski definition) is 0. The summed E-state index contributed by atoms with van der Waals surface area (Å²) in [6.07, 6.45) is 13.3. The van der Waals surface area contributed by atoms with Crippen LogP contribution in [0, 0.1) is 0 Å². The van der Waals surface area contributed by atoms with Gasteiger partial charge < -0.3 is 59.8 Å². The summed E-state index contributed by atoms with van der Waals surface area (Å²) in [5.74, 6) is 5.91. The molecule has 0 saturated heterocycles. The summed E-state index contributed by atoms with van der Waals surface area (Å²) in [7, 11) is 0. The Kier molecular flexibility index (Phi) is 12.0. The van der Waals surface area contributed by atoms with Crippen molar-refractivity contribution < 1.29 is 29.9 Å². The maximum atomic E-state index is 6.25. The van der Waals surface area contributed by atoms with E-state index in [1.165, 1.54) is 0 Å². The number of rotatable bonds is 8. The van der Waals surface area contributed by atoms with E-state index >= 15 is 0 Å². The van der Waals surface area contributed by atoms with Crippen LogP contribution in [0.25, 0.3) is 89.7 Å². The van der Waals surface area contributed by atoms with Crippen LogP contribution in [-0.2, 0) is 0 Å². The van der Waals surface area contributed by atoms with E-state index in [1.807, 2.05) is 121 Å². The Labute approximate surface area is 412 Å². The maximum absolute atomic E-state index is 6.25. The first-order valence-electron chi connectivity index (χ1n) is 21.2. The molecule has 0 atom stereocenters. The van der Waals surface area contributed by atoms with Gasteiger partial charge in [0, 0.05) is 69.6 Å². The summed E-state index contributed by atoms with van der Waals surface area (Å²) in [6.45, 7) is 0. The molecule has 19 heteroatoms. The number of hydrogen-bond acceptors (Lipinski definition) is 16.